The molecule has 5 nitrogen and oxygen atoms in total. The molecule has 0 spiro atoms. The van der Waals surface area contributed by atoms with E-state index in [1.165, 1.54) is 7.11 Å². The van der Waals surface area contributed by atoms with Crippen molar-refractivity contribution in [2.24, 2.45) is 5.92 Å². The number of pyridine rings is 1. The Morgan fingerprint density at radius 1 is 1.38 bits per heavy atom. The van der Waals surface area contributed by atoms with Crippen LogP contribution in [0.4, 0.5) is 8.78 Å². The van der Waals surface area contributed by atoms with Gasteiger partial charge in [0.05, 0.1) is 13.7 Å². The fourth-order valence-corrected chi connectivity index (χ4v) is 3.54. The van der Waals surface area contributed by atoms with Gasteiger partial charge in [-0.3, -0.25) is 4.90 Å². The summed E-state index contributed by atoms with van der Waals surface area (Å²) in [6, 6.07) is 3.46. The van der Waals surface area contributed by atoms with Crippen LogP contribution in [-0.4, -0.2) is 46.5 Å². The molecule has 142 valence electrons. The van der Waals surface area contributed by atoms with Crippen molar-refractivity contribution >= 4 is 17.0 Å². The standard InChI is InChI=1S/C19H25F2N3O2/c1-13(2)9-24-11-14(10-23-8-4-7-19(20,21)12-23)15-5-6-16(18(25)26-3)22-17(15)24/h5-6,11,13H,4,7-10,12H2,1-3H3. The van der Waals surface area contributed by atoms with E-state index in [-0.39, 0.29) is 18.7 Å². The van der Waals surface area contributed by atoms with E-state index in [1.54, 1.807) is 11.0 Å². The monoisotopic (exact) mass is 365 g/mol. The van der Waals surface area contributed by atoms with Crippen molar-refractivity contribution in [1.29, 1.82) is 0 Å². The number of hydrogen-bond acceptors (Lipinski definition) is 4. The van der Waals surface area contributed by atoms with E-state index in [0.717, 1.165) is 17.5 Å². The predicted octanol–water partition coefficient (Wildman–Crippen LogP) is 3.71. The first-order chi connectivity index (χ1) is 12.3. The number of esters is 1. The molecule has 2 aromatic heterocycles. The number of nitrogens with zero attached hydrogens (tertiary/aromatic N) is 3. The van der Waals surface area contributed by atoms with Crippen LogP contribution in [0.25, 0.3) is 11.0 Å². The Balaban J connectivity index is 1.95. The summed E-state index contributed by atoms with van der Waals surface area (Å²) < 4.78 is 34.2. The van der Waals surface area contributed by atoms with E-state index in [0.29, 0.717) is 31.1 Å². The second-order valence-electron chi connectivity index (χ2n) is 7.43. The lowest BCUT2D eigenvalue weighted by molar-refractivity contribution is -0.0660. The molecule has 0 bridgehead atoms. The highest BCUT2D eigenvalue weighted by Gasteiger charge is 2.35. The fraction of sp³-hybridized carbons (Fsp3) is 0.579. The number of alkyl halides is 2. The molecule has 0 atom stereocenters. The molecule has 0 unspecified atom stereocenters. The van der Waals surface area contributed by atoms with Crippen LogP contribution in [0.3, 0.4) is 0 Å². The molecule has 0 aliphatic carbocycles. The summed E-state index contributed by atoms with van der Waals surface area (Å²) in [7, 11) is 1.32. The Hall–Kier alpha value is -2.02. The van der Waals surface area contributed by atoms with Gasteiger partial charge in [-0.1, -0.05) is 13.8 Å². The minimum Gasteiger partial charge on any atom is -0.464 e. The second kappa shape index (κ2) is 7.31. The number of fused-ring (bicyclic) bond motifs is 1. The van der Waals surface area contributed by atoms with Gasteiger partial charge < -0.3 is 9.30 Å². The number of carbonyl (C=O) groups is 1. The summed E-state index contributed by atoms with van der Waals surface area (Å²) in [6.45, 7) is 5.85. The number of ether oxygens (including phenoxy) is 1. The SMILES string of the molecule is COC(=O)c1ccc2c(CN3CCCC(F)(F)C3)cn(CC(C)C)c2n1. The zero-order valence-electron chi connectivity index (χ0n) is 15.5. The molecular formula is C19H25F2N3O2. The van der Waals surface area contributed by atoms with Gasteiger partial charge in [-0.15, -0.1) is 0 Å². The lowest BCUT2D eigenvalue weighted by atomic mass is 10.1. The molecule has 0 aromatic carbocycles. The number of carbonyl (C=O) groups excluding carboxylic acids is 1. The van der Waals surface area contributed by atoms with Crippen molar-refractivity contribution in [2.45, 2.75) is 45.7 Å². The van der Waals surface area contributed by atoms with Crippen LogP contribution in [0.15, 0.2) is 18.3 Å². The second-order valence-corrected chi connectivity index (χ2v) is 7.43. The van der Waals surface area contributed by atoms with Gasteiger partial charge in [-0.2, -0.15) is 0 Å². The Kier molecular flexibility index (Phi) is 5.27. The van der Waals surface area contributed by atoms with Gasteiger partial charge in [0, 0.05) is 31.1 Å². The average Bonchev–Trinajstić information content (AvgIpc) is 2.89. The average molecular weight is 365 g/mol. The van der Waals surface area contributed by atoms with Crippen LogP contribution in [0.2, 0.25) is 0 Å². The highest BCUT2D eigenvalue weighted by Crippen LogP contribution is 2.29. The third kappa shape index (κ3) is 4.03. The maximum atomic E-state index is 13.7. The van der Waals surface area contributed by atoms with Gasteiger partial charge in [-0.05, 0) is 36.6 Å². The molecule has 0 saturated carbocycles. The zero-order valence-corrected chi connectivity index (χ0v) is 15.5. The van der Waals surface area contributed by atoms with Crippen LogP contribution < -0.4 is 0 Å². The molecule has 7 heteroatoms. The molecule has 0 amide bonds. The summed E-state index contributed by atoms with van der Waals surface area (Å²) in [5.41, 5.74) is 1.90. The first-order valence-electron chi connectivity index (χ1n) is 8.96. The molecule has 2 aromatic rings. The topological polar surface area (TPSA) is 47.4 Å². The minimum atomic E-state index is -2.62. The number of rotatable bonds is 5. The summed E-state index contributed by atoms with van der Waals surface area (Å²) >= 11 is 0. The highest BCUT2D eigenvalue weighted by molar-refractivity contribution is 5.91. The maximum absolute atomic E-state index is 13.7. The van der Waals surface area contributed by atoms with E-state index in [2.05, 4.69) is 18.8 Å². The lowest BCUT2D eigenvalue weighted by Gasteiger charge is -2.32. The van der Waals surface area contributed by atoms with Gasteiger partial charge in [0.15, 0.2) is 5.69 Å². The highest BCUT2D eigenvalue weighted by atomic mass is 19.3. The summed E-state index contributed by atoms with van der Waals surface area (Å²) in [5, 5.41) is 0.896. The molecule has 3 rings (SSSR count). The zero-order chi connectivity index (χ0) is 18.9. The first-order valence-corrected chi connectivity index (χ1v) is 8.96. The van der Waals surface area contributed by atoms with Gasteiger partial charge in [-0.25, -0.2) is 18.6 Å². The minimum absolute atomic E-state index is 0.0390. The van der Waals surface area contributed by atoms with Crippen molar-refractivity contribution in [1.82, 2.24) is 14.5 Å². The van der Waals surface area contributed by atoms with Crippen molar-refractivity contribution in [3.8, 4) is 0 Å². The molecule has 1 aliphatic rings. The molecule has 3 heterocycles. The number of aromatic nitrogens is 2. The predicted molar refractivity (Wildman–Crippen MR) is 95.4 cm³/mol. The van der Waals surface area contributed by atoms with E-state index in [9.17, 15) is 13.6 Å². The van der Waals surface area contributed by atoms with Gasteiger partial charge in [0.25, 0.3) is 5.92 Å². The summed E-state index contributed by atoms with van der Waals surface area (Å²) in [4.78, 5) is 18.1. The lowest BCUT2D eigenvalue weighted by Crippen LogP contribution is -2.41. The molecule has 0 N–H and O–H groups in total. The third-order valence-corrected chi connectivity index (χ3v) is 4.63. The van der Waals surface area contributed by atoms with Gasteiger partial charge >= 0.3 is 5.97 Å². The molecule has 1 aliphatic heterocycles. The normalized spacial score (nSPS) is 17.8. The molecule has 26 heavy (non-hydrogen) atoms. The fourth-order valence-electron chi connectivity index (χ4n) is 3.54. The maximum Gasteiger partial charge on any atom is 0.356 e. The number of halogens is 2. The molecule has 1 fully saturated rings. The number of hydrogen-bond donors (Lipinski definition) is 0. The summed E-state index contributed by atoms with van der Waals surface area (Å²) in [6.07, 6.45) is 2.44. The van der Waals surface area contributed by atoms with Crippen LogP contribution in [-0.2, 0) is 17.8 Å². The molecule has 1 saturated heterocycles. The largest absolute Gasteiger partial charge is 0.464 e. The molecule has 0 radical (unpaired) electrons. The quantitative estimate of drug-likeness (QED) is 0.758. The number of piperidine rings is 1. The van der Waals surface area contributed by atoms with Crippen LogP contribution in [0.5, 0.6) is 0 Å². The van der Waals surface area contributed by atoms with E-state index >= 15 is 0 Å². The van der Waals surface area contributed by atoms with E-state index in [1.807, 2.05) is 16.8 Å². The van der Waals surface area contributed by atoms with Crippen molar-refractivity contribution in [2.75, 3.05) is 20.2 Å². The van der Waals surface area contributed by atoms with Crippen LogP contribution >= 0.6 is 0 Å². The Labute approximate surface area is 151 Å². The van der Waals surface area contributed by atoms with E-state index < -0.39 is 11.9 Å². The Morgan fingerprint density at radius 3 is 2.81 bits per heavy atom. The first kappa shape index (κ1) is 18.8. The van der Waals surface area contributed by atoms with Gasteiger partial charge in [0.2, 0.25) is 0 Å². The van der Waals surface area contributed by atoms with Crippen molar-refractivity contribution in [3.05, 3.63) is 29.6 Å². The van der Waals surface area contributed by atoms with Gasteiger partial charge in [0.1, 0.15) is 5.65 Å². The summed E-state index contributed by atoms with van der Waals surface area (Å²) in [5.74, 6) is -2.71. The van der Waals surface area contributed by atoms with Crippen molar-refractivity contribution < 1.29 is 18.3 Å². The molecular weight excluding hydrogens is 340 g/mol. The number of likely N-dealkylation sites (tertiary alicyclic amines) is 1. The Bertz CT molecular complexity index is 801. The van der Waals surface area contributed by atoms with Crippen LogP contribution in [0.1, 0.15) is 42.7 Å². The van der Waals surface area contributed by atoms with Crippen LogP contribution in [0, 0.1) is 5.92 Å². The smallest absolute Gasteiger partial charge is 0.356 e. The number of methoxy groups -OCH3 is 1. The van der Waals surface area contributed by atoms with Crippen molar-refractivity contribution in [3.63, 3.8) is 0 Å². The third-order valence-electron chi connectivity index (χ3n) is 4.63. The van der Waals surface area contributed by atoms with E-state index in [4.69, 9.17) is 4.74 Å². The Morgan fingerprint density at radius 2 is 2.15 bits per heavy atom.